The fraction of sp³-hybridized carbons (Fsp3) is 0.455. The molecule has 2 N–H and O–H groups in total. The van der Waals surface area contributed by atoms with E-state index in [2.05, 4.69) is 30.4 Å². The van der Waals surface area contributed by atoms with Crippen molar-refractivity contribution in [3.63, 3.8) is 0 Å². The summed E-state index contributed by atoms with van der Waals surface area (Å²) in [5.74, 6) is 0. The highest BCUT2D eigenvalue weighted by Crippen LogP contribution is 2.25. The largest absolute Gasteiger partial charge is 0.394 e. The summed E-state index contributed by atoms with van der Waals surface area (Å²) in [5.41, 5.74) is 3.97. The van der Waals surface area contributed by atoms with Gasteiger partial charge in [0.2, 0.25) is 0 Å². The molecule has 1 aliphatic rings. The van der Waals surface area contributed by atoms with E-state index >= 15 is 0 Å². The maximum absolute atomic E-state index is 9.20. The van der Waals surface area contributed by atoms with Gasteiger partial charge in [-0.05, 0) is 36.6 Å². The van der Waals surface area contributed by atoms with Crippen LogP contribution in [0.4, 0.5) is 0 Å². The average molecular weight is 177 g/mol. The molecule has 70 valence electrons. The van der Waals surface area contributed by atoms with Crippen LogP contribution in [0, 0.1) is 6.92 Å². The Morgan fingerprint density at radius 2 is 2.38 bits per heavy atom. The summed E-state index contributed by atoms with van der Waals surface area (Å²) < 4.78 is 0. The molecule has 1 heterocycles. The van der Waals surface area contributed by atoms with Gasteiger partial charge >= 0.3 is 0 Å². The zero-order chi connectivity index (χ0) is 9.26. The molecule has 0 bridgehead atoms. The van der Waals surface area contributed by atoms with E-state index < -0.39 is 0 Å². The lowest BCUT2D eigenvalue weighted by molar-refractivity contribution is 0.239. The van der Waals surface area contributed by atoms with Crippen LogP contribution in [0.25, 0.3) is 0 Å². The van der Waals surface area contributed by atoms with E-state index in [0.717, 1.165) is 13.0 Å². The van der Waals surface area contributed by atoms with E-state index in [4.69, 9.17) is 0 Å². The van der Waals surface area contributed by atoms with Gasteiger partial charge in [-0.1, -0.05) is 18.2 Å². The molecule has 1 aromatic carbocycles. The summed E-state index contributed by atoms with van der Waals surface area (Å²) in [7, 11) is 0. The van der Waals surface area contributed by atoms with Crippen LogP contribution in [0.3, 0.4) is 0 Å². The second-order valence-electron chi connectivity index (χ2n) is 3.59. The summed E-state index contributed by atoms with van der Waals surface area (Å²) in [4.78, 5) is 0. The number of aryl methyl sites for hydroxylation is 1. The van der Waals surface area contributed by atoms with Gasteiger partial charge < -0.3 is 10.4 Å². The molecule has 0 aromatic heterocycles. The van der Waals surface area contributed by atoms with Crippen LogP contribution in [-0.4, -0.2) is 18.3 Å². The molecule has 1 atom stereocenters. The third kappa shape index (κ3) is 1.47. The fourth-order valence-corrected chi connectivity index (χ4v) is 2.10. The first-order valence-corrected chi connectivity index (χ1v) is 4.75. The smallest absolute Gasteiger partial charge is 0.0626 e. The highest BCUT2D eigenvalue weighted by Gasteiger charge is 2.19. The minimum absolute atomic E-state index is 0.143. The second-order valence-corrected chi connectivity index (χ2v) is 3.59. The Balaban J connectivity index is 2.47. The minimum atomic E-state index is 0.143. The zero-order valence-electron chi connectivity index (χ0n) is 7.88. The molecule has 0 amide bonds. The van der Waals surface area contributed by atoms with E-state index in [1.54, 1.807) is 0 Å². The molecule has 1 aliphatic heterocycles. The third-order valence-corrected chi connectivity index (χ3v) is 2.73. The van der Waals surface area contributed by atoms with Gasteiger partial charge in [-0.3, -0.25) is 0 Å². The first-order chi connectivity index (χ1) is 6.33. The number of nitrogens with one attached hydrogen (secondary N) is 1. The van der Waals surface area contributed by atoms with Gasteiger partial charge in [0, 0.05) is 0 Å². The lowest BCUT2D eigenvalue weighted by Gasteiger charge is -2.27. The highest BCUT2D eigenvalue weighted by atomic mass is 16.3. The molecule has 0 saturated carbocycles. The molecule has 2 nitrogen and oxygen atoms in total. The normalized spacial score (nSPS) is 21.2. The van der Waals surface area contributed by atoms with Gasteiger partial charge in [0.05, 0.1) is 12.6 Å². The predicted molar refractivity (Wildman–Crippen MR) is 52.7 cm³/mol. The van der Waals surface area contributed by atoms with Crippen molar-refractivity contribution in [1.82, 2.24) is 5.32 Å². The second kappa shape index (κ2) is 3.48. The summed E-state index contributed by atoms with van der Waals surface area (Å²) in [5, 5.41) is 12.5. The van der Waals surface area contributed by atoms with Crippen molar-refractivity contribution in [3.8, 4) is 0 Å². The number of hydrogen-bond acceptors (Lipinski definition) is 2. The Labute approximate surface area is 78.6 Å². The number of aliphatic hydroxyl groups excluding tert-OH is 1. The van der Waals surface area contributed by atoms with Gasteiger partial charge in [0.1, 0.15) is 0 Å². The molecule has 0 aliphatic carbocycles. The molecular weight excluding hydrogens is 162 g/mol. The molecule has 0 radical (unpaired) electrons. The standard InChI is InChI=1S/C11H15NO/c1-8-3-2-4-9-5-6-12-10(7-13)11(8)9/h2-4,10,12-13H,5-7H2,1H3. The number of aliphatic hydroxyl groups is 1. The van der Waals surface area contributed by atoms with Crippen LogP contribution < -0.4 is 5.32 Å². The Bertz CT molecular complexity index is 309. The Morgan fingerprint density at radius 3 is 3.15 bits per heavy atom. The van der Waals surface area contributed by atoms with Crippen molar-refractivity contribution in [2.24, 2.45) is 0 Å². The van der Waals surface area contributed by atoms with Crippen molar-refractivity contribution < 1.29 is 5.11 Å². The Morgan fingerprint density at radius 1 is 1.54 bits per heavy atom. The Hall–Kier alpha value is -0.860. The first-order valence-electron chi connectivity index (χ1n) is 4.75. The first kappa shape index (κ1) is 8.73. The van der Waals surface area contributed by atoms with Crippen LogP contribution >= 0.6 is 0 Å². The van der Waals surface area contributed by atoms with Crippen molar-refractivity contribution in [2.45, 2.75) is 19.4 Å². The van der Waals surface area contributed by atoms with E-state index in [1.165, 1.54) is 16.7 Å². The van der Waals surface area contributed by atoms with Gasteiger partial charge in [-0.25, -0.2) is 0 Å². The molecule has 2 rings (SSSR count). The number of hydrogen-bond donors (Lipinski definition) is 2. The number of fused-ring (bicyclic) bond motifs is 1. The SMILES string of the molecule is Cc1cccc2c1C(CO)NCC2. The summed E-state index contributed by atoms with van der Waals surface area (Å²) >= 11 is 0. The summed E-state index contributed by atoms with van der Waals surface area (Å²) in [6, 6.07) is 6.50. The van der Waals surface area contributed by atoms with Crippen molar-refractivity contribution >= 4 is 0 Å². The van der Waals surface area contributed by atoms with Crippen molar-refractivity contribution in [3.05, 3.63) is 34.9 Å². The van der Waals surface area contributed by atoms with Gasteiger partial charge in [0.25, 0.3) is 0 Å². The van der Waals surface area contributed by atoms with E-state index in [9.17, 15) is 5.11 Å². The van der Waals surface area contributed by atoms with Gasteiger partial charge in [-0.2, -0.15) is 0 Å². The van der Waals surface area contributed by atoms with Crippen LogP contribution in [0.15, 0.2) is 18.2 Å². The van der Waals surface area contributed by atoms with Crippen LogP contribution in [0.1, 0.15) is 22.7 Å². The monoisotopic (exact) mass is 177 g/mol. The summed E-state index contributed by atoms with van der Waals surface area (Å²) in [6.45, 7) is 3.27. The zero-order valence-corrected chi connectivity index (χ0v) is 7.88. The molecular formula is C11H15NO. The van der Waals surface area contributed by atoms with Crippen LogP contribution in [-0.2, 0) is 6.42 Å². The third-order valence-electron chi connectivity index (χ3n) is 2.73. The minimum Gasteiger partial charge on any atom is -0.394 e. The van der Waals surface area contributed by atoms with Gasteiger partial charge in [-0.15, -0.1) is 0 Å². The maximum Gasteiger partial charge on any atom is 0.0626 e. The van der Waals surface area contributed by atoms with Crippen LogP contribution in [0.5, 0.6) is 0 Å². The molecule has 2 heteroatoms. The topological polar surface area (TPSA) is 32.3 Å². The van der Waals surface area contributed by atoms with Gasteiger partial charge in [0.15, 0.2) is 0 Å². The average Bonchev–Trinajstić information content (AvgIpc) is 2.17. The lowest BCUT2D eigenvalue weighted by Crippen LogP contribution is -2.32. The lowest BCUT2D eigenvalue weighted by atomic mass is 9.91. The quantitative estimate of drug-likeness (QED) is 0.675. The molecule has 0 saturated heterocycles. The Kier molecular flexibility index (Phi) is 2.34. The number of benzene rings is 1. The van der Waals surface area contributed by atoms with Crippen molar-refractivity contribution in [1.29, 1.82) is 0 Å². The predicted octanol–water partition coefficient (Wildman–Crippen LogP) is 1.17. The molecule has 1 unspecified atom stereocenters. The fourth-order valence-electron chi connectivity index (χ4n) is 2.10. The maximum atomic E-state index is 9.20. The van der Waals surface area contributed by atoms with E-state index in [0.29, 0.717) is 0 Å². The van der Waals surface area contributed by atoms with Crippen LogP contribution in [0.2, 0.25) is 0 Å². The summed E-state index contributed by atoms with van der Waals surface area (Å²) in [6.07, 6.45) is 1.08. The molecule has 0 spiro atoms. The number of rotatable bonds is 1. The highest BCUT2D eigenvalue weighted by molar-refractivity contribution is 5.38. The van der Waals surface area contributed by atoms with E-state index in [-0.39, 0.29) is 12.6 Å². The van der Waals surface area contributed by atoms with E-state index in [1.807, 2.05) is 0 Å². The molecule has 13 heavy (non-hydrogen) atoms. The van der Waals surface area contributed by atoms with Crippen molar-refractivity contribution in [2.75, 3.05) is 13.2 Å². The molecule has 1 aromatic rings. The molecule has 0 fully saturated rings.